The minimum atomic E-state index is -0.0700. The van der Waals surface area contributed by atoms with Gasteiger partial charge in [0.05, 0.1) is 6.42 Å². The van der Waals surface area contributed by atoms with Gasteiger partial charge in [0.25, 0.3) is 0 Å². The first-order chi connectivity index (χ1) is 7.63. The summed E-state index contributed by atoms with van der Waals surface area (Å²) in [7, 11) is 0. The highest BCUT2D eigenvalue weighted by atomic mass is 79.9. The van der Waals surface area contributed by atoms with Crippen LogP contribution in [0.1, 0.15) is 18.9 Å². The number of rotatable bonds is 5. The van der Waals surface area contributed by atoms with Crippen molar-refractivity contribution in [3.63, 3.8) is 0 Å². The number of alkyl halides is 1. The number of amides is 1. The molecule has 2 N–H and O–H groups in total. The summed E-state index contributed by atoms with van der Waals surface area (Å²) in [5.74, 6) is 0.0999. The summed E-state index contributed by atoms with van der Waals surface area (Å²) in [6, 6.07) is 6.88. The number of hydrogen-bond acceptors (Lipinski definition) is 2. The predicted molar refractivity (Wildman–Crippen MR) is 67.8 cm³/mol. The van der Waals surface area contributed by atoms with E-state index in [0.717, 1.165) is 6.42 Å². The van der Waals surface area contributed by atoms with Crippen LogP contribution in [0.25, 0.3) is 0 Å². The molecule has 1 aromatic rings. The van der Waals surface area contributed by atoms with Crippen LogP contribution < -0.4 is 5.32 Å². The smallest absolute Gasteiger partial charge is 0.224 e. The minimum Gasteiger partial charge on any atom is -0.508 e. The molecule has 1 amide bonds. The van der Waals surface area contributed by atoms with Crippen molar-refractivity contribution in [1.82, 2.24) is 5.32 Å². The van der Waals surface area contributed by atoms with Gasteiger partial charge >= 0.3 is 0 Å². The maximum Gasteiger partial charge on any atom is 0.224 e. The molecule has 3 nitrogen and oxygen atoms in total. The molecule has 1 unspecified atom stereocenters. The lowest BCUT2D eigenvalue weighted by Crippen LogP contribution is -2.30. The second-order valence-electron chi connectivity index (χ2n) is 3.62. The normalized spacial score (nSPS) is 12.1. The van der Waals surface area contributed by atoms with Gasteiger partial charge in [0.15, 0.2) is 0 Å². The average molecular weight is 286 g/mol. The maximum absolute atomic E-state index is 11.5. The number of phenolic OH excluding ortho intramolecular Hbond substituents is 1. The number of para-hydroxylation sites is 1. The molecule has 1 rings (SSSR count). The van der Waals surface area contributed by atoms with Gasteiger partial charge in [-0.2, -0.15) is 0 Å². The Kier molecular flexibility index (Phi) is 5.32. The highest BCUT2D eigenvalue weighted by Crippen LogP contribution is 2.15. The van der Waals surface area contributed by atoms with Crippen LogP contribution in [0.5, 0.6) is 5.75 Å². The van der Waals surface area contributed by atoms with Crippen LogP contribution >= 0.6 is 15.9 Å². The summed E-state index contributed by atoms with van der Waals surface area (Å²) in [6.07, 6.45) is 1.19. The van der Waals surface area contributed by atoms with Crippen LogP contribution in [0.15, 0.2) is 24.3 Å². The number of hydrogen-bond donors (Lipinski definition) is 2. The Labute approximate surface area is 104 Å². The van der Waals surface area contributed by atoms with E-state index in [-0.39, 0.29) is 18.1 Å². The monoisotopic (exact) mass is 285 g/mol. The van der Waals surface area contributed by atoms with Gasteiger partial charge in [-0.1, -0.05) is 41.1 Å². The third kappa shape index (κ3) is 4.23. The Morgan fingerprint density at radius 1 is 1.50 bits per heavy atom. The number of aromatic hydroxyl groups is 1. The quantitative estimate of drug-likeness (QED) is 0.815. The predicted octanol–water partition coefficient (Wildman–Crippen LogP) is 2.22. The van der Waals surface area contributed by atoms with Gasteiger partial charge in [0.1, 0.15) is 5.75 Å². The zero-order chi connectivity index (χ0) is 12.0. The second kappa shape index (κ2) is 6.53. The van der Waals surface area contributed by atoms with Gasteiger partial charge in [0, 0.05) is 16.9 Å². The molecule has 0 radical (unpaired) electrons. The van der Waals surface area contributed by atoms with Crippen LogP contribution in [0.2, 0.25) is 0 Å². The van der Waals surface area contributed by atoms with Gasteiger partial charge in [-0.15, -0.1) is 0 Å². The molecule has 0 aliphatic carbocycles. The summed E-state index contributed by atoms with van der Waals surface area (Å²) in [6.45, 7) is 2.66. The molecule has 1 aromatic carbocycles. The van der Waals surface area contributed by atoms with E-state index < -0.39 is 0 Å². The molecule has 88 valence electrons. The third-order valence-electron chi connectivity index (χ3n) is 2.31. The van der Waals surface area contributed by atoms with Crippen molar-refractivity contribution in [2.24, 2.45) is 0 Å². The molecule has 16 heavy (non-hydrogen) atoms. The minimum absolute atomic E-state index is 0.0700. The molecule has 0 fully saturated rings. The Hall–Kier alpha value is -1.03. The first-order valence-corrected chi connectivity index (χ1v) is 6.22. The SMILES string of the molecule is CCC(Br)CNC(=O)Cc1ccccc1O. The largest absolute Gasteiger partial charge is 0.508 e. The van der Waals surface area contributed by atoms with E-state index in [1.807, 2.05) is 6.07 Å². The molecular weight excluding hydrogens is 270 g/mol. The van der Waals surface area contributed by atoms with Gasteiger partial charge in [-0.3, -0.25) is 4.79 Å². The number of carbonyl (C=O) groups excluding carboxylic acids is 1. The number of phenols is 1. The topological polar surface area (TPSA) is 49.3 Å². The van der Waals surface area contributed by atoms with Gasteiger partial charge in [0.2, 0.25) is 5.91 Å². The van der Waals surface area contributed by atoms with Gasteiger partial charge in [-0.25, -0.2) is 0 Å². The fourth-order valence-electron chi connectivity index (χ4n) is 1.26. The van der Waals surface area contributed by atoms with Gasteiger partial charge in [-0.05, 0) is 12.5 Å². The molecule has 0 aromatic heterocycles. The molecule has 0 bridgehead atoms. The van der Waals surface area contributed by atoms with E-state index in [9.17, 15) is 9.90 Å². The van der Waals surface area contributed by atoms with Gasteiger partial charge < -0.3 is 10.4 Å². The van der Waals surface area contributed by atoms with Crippen molar-refractivity contribution in [2.75, 3.05) is 6.54 Å². The highest BCUT2D eigenvalue weighted by molar-refractivity contribution is 9.09. The zero-order valence-corrected chi connectivity index (χ0v) is 10.8. The number of halogens is 1. The maximum atomic E-state index is 11.5. The first kappa shape index (κ1) is 13.0. The molecule has 0 saturated heterocycles. The lowest BCUT2D eigenvalue weighted by Gasteiger charge is -2.09. The third-order valence-corrected chi connectivity index (χ3v) is 3.28. The lowest BCUT2D eigenvalue weighted by atomic mass is 10.1. The molecule has 4 heteroatoms. The number of nitrogens with one attached hydrogen (secondary N) is 1. The Morgan fingerprint density at radius 3 is 2.81 bits per heavy atom. The average Bonchev–Trinajstić information content (AvgIpc) is 2.29. The Morgan fingerprint density at radius 2 is 2.19 bits per heavy atom. The van der Waals surface area contributed by atoms with Crippen molar-refractivity contribution >= 4 is 21.8 Å². The molecule has 0 aliphatic rings. The summed E-state index contributed by atoms with van der Waals surface area (Å²) < 4.78 is 0. The number of carbonyl (C=O) groups is 1. The van der Waals surface area contributed by atoms with Crippen molar-refractivity contribution in [2.45, 2.75) is 24.6 Å². The summed E-state index contributed by atoms with van der Waals surface area (Å²) >= 11 is 3.44. The van der Waals surface area contributed by atoms with Crippen LogP contribution in [0.4, 0.5) is 0 Å². The molecule has 1 atom stereocenters. The Balaban J connectivity index is 2.43. The fourth-order valence-corrected chi connectivity index (χ4v) is 1.43. The second-order valence-corrected chi connectivity index (χ2v) is 4.91. The van der Waals surface area contributed by atoms with Crippen molar-refractivity contribution < 1.29 is 9.90 Å². The van der Waals surface area contributed by atoms with Crippen LogP contribution in [-0.2, 0) is 11.2 Å². The standard InChI is InChI=1S/C12H16BrNO2/c1-2-10(13)8-14-12(16)7-9-5-3-4-6-11(9)15/h3-6,10,15H,2,7-8H2,1H3,(H,14,16). The van der Waals surface area contributed by atoms with E-state index in [0.29, 0.717) is 16.9 Å². The molecule has 0 saturated carbocycles. The highest BCUT2D eigenvalue weighted by Gasteiger charge is 2.08. The van der Waals surface area contributed by atoms with E-state index in [1.54, 1.807) is 18.2 Å². The summed E-state index contributed by atoms with van der Waals surface area (Å²) in [5, 5.41) is 12.3. The van der Waals surface area contributed by atoms with Crippen LogP contribution in [0, 0.1) is 0 Å². The van der Waals surface area contributed by atoms with Crippen LogP contribution in [0.3, 0.4) is 0 Å². The molecule has 0 aliphatic heterocycles. The van der Waals surface area contributed by atoms with E-state index in [2.05, 4.69) is 28.2 Å². The van der Waals surface area contributed by atoms with E-state index in [1.165, 1.54) is 0 Å². The Bertz CT molecular complexity index is 355. The van der Waals surface area contributed by atoms with Crippen molar-refractivity contribution in [1.29, 1.82) is 0 Å². The first-order valence-electron chi connectivity index (χ1n) is 5.31. The van der Waals surface area contributed by atoms with E-state index >= 15 is 0 Å². The zero-order valence-electron chi connectivity index (χ0n) is 9.24. The van der Waals surface area contributed by atoms with Crippen LogP contribution in [-0.4, -0.2) is 22.4 Å². The summed E-state index contributed by atoms with van der Waals surface area (Å²) in [5.41, 5.74) is 0.655. The lowest BCUT2D eigenvalue weighted by molar-refractivity contribution is -0.120. The van der Waals surface area contributed by atoms with Crippen molar-refractivity contribution in [3.05, 3.63) is 29.8 Å². The summed E-state index contributed by atoms with van der Waals surface area (Å²) in [4.78, 5) is 11.8. The van der Waals surface area contributed by atoms with E-state index in [4.69, 9.17) is 0 Å². The fraction of sp³-hybridized carbons (Fsp3) is 0.417. The number of benzene rings is 1. The molecule has 0 heterocycles. The molecular formula is C12H16BrNO2. The molecule has 0 spiro atoms. The van der Waals surface area contributed by atoms with Crippen molar-refractivity contribution in [3.8, 4) is 5.75 Å².